The van der Waals surface area contributed by atoms with Gasteiger partial charge in [-0.05, 0) is 30.2 Å². The van der Waals surface area contributed by atoms with E-state index in [-0.39, 0.29) is 5.63 Å². The Morgan fingerprint density at radius 1 is 0.808 bits per heavy atom. The molecule has 3 nitrogen and oxygen atoms in total. The molecule has 0 fully saturated rings. The van der Waals surface area contributed by atoms with Gasteiger partial charge < -0.3 is 9.15 Å². The second-order valence-electron chi connectivity index (χ2n) is 6.23. The van der Waals surface area contributed by atoms with Crippen molar-refractivity contribution in [2.45, 2.75) is 6.92 Å². The molecule has 0 aliphatic heterocycles. The van der Waals surface area contributed by atoms with Crippen LogP contribution in [-0.4, -0.2) is 7.11 Å². The highest BCUT2D eigenvalue weighted by Gasteiger charge is 2.18. The summed E-state index contributed by atoms with van der Waals surface area (Å²) >= 11 is 0. The minimum absolute atomic E-state index is 0.354. The van der Waals surface area contributed by atoms with Gasteiger partial charge in [-0.15, -0.1) is 0 Å². The van der Waals surface area contributed by atoms with Gasteiger partial charge in [-0.2, -0.15) is 0 Å². The van der Waals surface area contributed by atoms with Gasteiger partial charge in [-0.1, -0.05) is 60.2 Å². The maximum Gasteiger partial charge on any atom is 0.344 e. The molecule has 0 atom stereocenters. The first-order chi connectivity index (χ1) is 12.7. The van der Waals surface area contributed by atoms with Crippen LogP contribution in [0.4, 0.5) is 0 Å². The van der Waals surface area contributed by atoms with Gasteiger partial charge in [0.25, 0.3) is 0 Å². The van der Waals surface area contributed by atoms with Crippen molar-refractivity contribution < 1.29 is 9.15 Å². The third-order valence-corrected chi connectivity index (χ3v) is 4.52. The number of hydrogen-bond acceptors (Lipinski definition) is 3. The van der Waals surface area contributed by atoms with Crippen molar-refractivity contribution >= 4 is 11.0 Å². The number of rotatable bonds is 3. The number of aryl methyl sites for hydroxylation is 1. The van der Waals surface area contributed by atoms with Crippen molar-refractivity contribution in [1.29, 1.82) is 0 Å². The van der Waals surface area contributed by atoms with Gasteiger partial charge in [-0.3, -0.25) is 0 Å². The molecule has 0 radical (unpaired) electrons. The molecule has 0 bridgehead atoms. The Morgan fingerprint density at radius 3 is 2.19 bits per heavy atom. The summed E-state index contributed by atoms with van der Waals surface area (Å²) in [6.45, 7) is 2.05. The van der Waals surface area contributed by atoms with Crippen LogP contribution in [-0.2, 0) is 0 Å². The summed E-state index contributed by atoms with van der Waals surface area (Å²) in [5, 5.41) is 0.883. The van der Waals surface area contributed by atoms with Crippen LogP contribution in [0, 0.1) is 6.92 Å². The molecular formula is C23H18O3. The predicted octanol–water partition coefficient (Wildman–Crippen LogP) is 5.44. The molecule has 0 saturated heterocycles. The summed E-state index contributed by atoms with van der Waals surface area (Å²) in [5.74, 6) is 0.656. The van der Waals surface area contributed by atoms with E-state index in [1.165, 1.54) is 5.56 Å². The molecule has 3 heteroatoms. The molecule has 26 heavy (non-hydrogen) atoms. The Hall–Kier alpha value is -3.33. The Labute approximate surface area is 151 Å². The largest absolute Gasteiger partial charge is 0.497 e. The van der Waals surface area contributed by atoms with E-state index in [2.05, 4.69) is 0 Å². The van der Waals surface area contributed by atoms with E-state index in [9.17, 15) is 4.79 Å². The third-order valence-electron chi connectivity index (χ3n) is 4.52. The lowest BCUT2D eigenvalue weighted by Crippen LogP contribution is -2.06. The van der Waals surface area contributed by atoms with Crippen LogP contribution in [0.1, 0.15) is 5.56 Å². The fourth-order valence-electron chi connectivity index (χ4n) is 3.20. The molecule has 1 aromatic heterocycles. The molecule has 0 spiro atoms. The van der Waals surface area contributed by atoms with Gasteiger partial charge in [0.2, 0.25) is 0 Å². The van der Waals surface area contributed by atoms with E-state index < -0.39 is 0 Å². The van der Waals surface area contributed by atoms with Crippen LogP contribution in [0.5, 0.6) is 5.75 Å². The van der Waals surface area contributed by atoms with Gasteiger partial charge in [0.05, 0.1) is 12.7 Å². The number of fused-ring (bicyclic) bond motifs is 1. The number of benzene rings is 3. The Bertz CT molecular complexity index is 1120. The maximum atomic E-state index is 12.9. The molecule has 0 N–H and O–H groups in total. The van der Waals surface area contributed by atoms with Crippen LogP contribution >= 0.6 is 0 Å². The molecule has 0 saturated carbocycles. The fourth-order valence-corrected chi connectivity index (χ4v) is 3.20. The van der Waals surface area contributed by atoms with Gasteiger partial charge >= 0.3 is 5.63 Å². The van der Waals surface area contributed by atoms with Crippen molar-refractivity contribution in [2.24, 2.45) is 0 Å². The van der Waals surface area contributed by atoms with Crippen molar-refractivity contribution in [3.05, 3.63) is 88.8 Å². The standard InChI is InChI=1S/C23H18O3/c1-15-8-10-17(11-9-15)21-19-13-12-18(25-2)14-20(19)26-23(24)22(21)16-6-4-3-5-7-16/h3-14H,1-2H3. The second-order valence-corrected chi connectivity index (χ2v) is 6.23. The maximum absolute atomic E-state index is 12.9. The molecular weight excluding hydrogens is 324 g/mol. The Balaban J connectivity index is 2.13. The fraction of sp³-hybridized carbons (Fsp3) is 0.0870. The van der Waals surface area contributed by atoms with E-state index in [1.54, 1.807) is 13.2 Å². The SMILES string of the molecule is COc1ccc2c(-c3ccc(C)cc3)c(-c3ccccc3)c(=O)oc2c1. The molecule has 3 aromatic carbocycles. The zero-order chi connectivity index (χ0) is 18.1. The average Bonchev–Trinajstić information content (AvgIpc) is 2.68. The summed E-state index contributed by atoms with van der Waals surface area (Å²) in [5.41, 5.74) is 4.62. The highest BCUT2D eigenvalue weighted by molar-refractivity contribution is 6.01. The normalized spacial score (nSPS) is 10.8. The number of hydrogen-bond donors (Lipinski definition) is 0. The average molecular weight is 342 g/mol. The van der Waals surface area contributed by atoms with Crippen molar-refractivity contribution in [3.8, 4) is 28.0 Å². The Morgan fingerprint density at radius 2 is 1.50 bits per heavy atom. The molecule has 0 unspecified atom stereocenters. The van der Waals surface area contributed by atoms with Gasteiger partial charge in [0.15, 0.2) is 0 Å². The van der Waals surface area contributed by atoms with Gasteiger partial charge in [0.1, 0.15) is 11.3 Å². The van der Waals surface area contributed by atoms with E-state index in [1.807, 2.05) is 73.7 Å². The van der Waals surface area contributed by atoms with E-state index in [4.69, 9.17) is 9.15 Å². The topological polar surface area (TPSA) is 39.4 Å². The summed E-state index contributed by atoms with van der Waals surface area (Å²) < 4.78 is 10.9. The first-order valence-corrected chi connectivity index (χ1v) is 8.44. The molecule has 4 rings (SSSR count). The van der Waals surface area contributed by atoms with Gasteiger partial charge in [-0.25, -0.2) is 4.79 Å². The molecule has 0 aliphatic rings. The second kappa shape index (κ2) is 6.52. The van der Waals surface area contributed by atoms with Crippen LogP contribution in [0.3, 0.4) is 0 Å². The van der Waals surface area contributed by atoms with Crippen molar-refractivity contribution in [3.63, 3.8) is 0 Å². The predicted molar refractivity (Wildman–Crippen MR) is 105 cm³/mol. The smallest absolute Gasteiger partial charge is 0.344 e. The Kier molecular flexibility index (Phi) is 4.05. The number of ether oxygens (including phenoxy) is 1. The zero-order valence-corrected chi connectivity index (χ0v) is 14.7. The van der Waals surface area contributed by atoms with E-state index >= 15 is 0 Å². The highest BCUT2D eigenvalue weighted by atomic mass is 16.5. The molecule has 0 aliphatic carbocycles. The van der Waals surface area contributed by atoms with E-state index in [0.29, 0.717) is 16.9 Å². The molecule has 128 valence electrons. The molecule has 4 aromatic rings. The summed E-state index contributed by atoms with van der Waals surface area (Å²) in [6.07, 6.45) is 0. The number of methoxy groups -OCH3 is 1. The molecule has 1 heterocycles. The first kappa shape index (κ1) is 16.2. The monoisotopic (exact) mass is 342 g/mol. The minimum Gasteiger partial charge on any atom is -0.497 e. The van der Waals surface area contributed by atoms with Crippen LogP contribution in [0.2, 0.25) is 0 Å². The lowest BCUT2D eigenvalue weighted by molar-refractivity contribution is 0.414. The van der Waals surface area contributed by atoms with Crippen molar-refractivity contribution in [2.75, 3.05) is 7.11 Å². The first-order valence-electron chi connectivity index (χ1n) is 8.44. The van der Waals surface area contributed by atoms with Crippen LogP contribution < -0.4 is 10.4 Å². The zero-order valence-electron chi connectivity index (χ0n) is 14.7. The minimum atomic E-state index is -0.354. The summed E-state index contributed by atoms with van der Waals surface area (Å²) in [4.78, 5) is 12.9. The van der Waals surface area contributed by atoms with Crippen LogP contribution in [0.15, 0.2) is 82.0 Å². The third kappa shape index (κ3) is 2.78. The van der Waals surface area contributed by atoms with E-state index in [0.717, 1.165) is 22.1 Å². The lowest BCUT2D eigenvalue weighted by atomic mass is 9.92. The summed E-state index contributed by atoms with van der Waals surface area (Å²) in [6, 6.07) is 23.4. The highest BCUT2D eigenvalue weighted by Crippen LogP contribution is 2.37. The lowest BCUT2D eigenvalue weighted by Gasteiger charge is -2.13. The quantitative estimate of drug-likeness (QED) is 0.465. The summed E-state index contributed by atoms with van der Waals surface area (Å²) in [7, 11) is 1.60. The van der Waals surface area contributed by atoms with Crippen LogP contribution in [0.25, 0.3) is 33.2 Å². The van der Waals surface area contributed by atoms with Crippen molar-refractivity contribution in [1.82, 2.24) is 0 Å². The molecule has 0 amide bonds. The van der Waals surface area contributed by atoms with Gasteiger partial charge in [0, 0.05) is 17.0 Å².